The summed E-state index contributed by atoms with van der Waals surface area (Å²) in [6.45, 7) is 0. The number of nitrogens with zero attached hydrogens (tertiary/aromatic N) is 1. The molecule has 1 aromatic rings. The highest BCUT2D eigenvalue weighted by Crippen LogP contribution is 2.26. The van der Waals surface area contributed by atoms with Gasteiger partial charge < -0.3 is 5.73 Å². The number of sulfonamides is 1. The molecule has 6 nitrogen and oxygen atoms in total. The summed E-state index contributed by atoms with van der Waals surface area (Å²) in [7, 11) is -3.69. The first-order valence-corrected chi connectivity index (χ1v) is 8.18. The molecule has 0 aromatic carbocycles. The summed E-state index contributed by atoms with van der Waals surface area (Å²) >= 11 is 5.80. The molecule has 0 atom stereocenters. The van der Waals surface area contributed by atoms with Crippen LogP contribution in [0.5, 0.6) is 0 Å². The maximum atomic E-state index is 12.2. The second kappa shape index (κ2) is 6.07. The molecule has 110 valence electrons. The minimum Gasteiger partial charge on any atom is -0.369 e. The number of nitrogens with two attached hydrogens (primary N) is 1. The topological polar surface area (TPSA) is 102 Å². The maximum Gasteiger partial charge on any atom is 0.243 e. The number of amides is 1. The normalized spacial score (nSPS) is 23.4. The van der Waals surface area contributed by atoms with Crippen LogP contribution in [0.2, 0.25) is 5.15 Å². The van der Waals surface area contributed by atoms with Crippen LogP contribution in [-0.2, 0) is 14.8 Å². The van der Waals surface area contributed by atoms with Crippen molar-refractivity contribution in [1.29, 1.82) is 0 Å². The van der Waals surface area contributed by atoms with Gasteiger partial charge >= 0.3 is 0 Å². The van der Waals surface area contributed by atoms with Gasteiger partial charge in [-0.15, -0.1) is 0 Å². The molecule has 1 heterocycles. The zero-order chi connectivity index (χ0) is 14.8. The van der Waals surface area contributed by atoms with Crippen LogP contribution >= 0.6 is 11.6 Å². The molecule has 1 aromatic heterocycles. The number of rotatable bonds is 4. The Hall–Kier alpha value is -1.18. The molecular weight excluding hydrogens is 302 g/mol. The lowest BCUT2D eigenvalue weighted by Gasteiger charge is -2.27. The van der Waals surface area contributed by atoms with Gasteiger partial charge in [-0.05, 0) is 37.8 Å². The van der Waals surface area contributed by atoms with E-state index >= 15 is 0 Å². The van der Waals surface area contributed by atoms with Gasteiger partial charge in [-0.25, -0.2) is 18.1 Å². The first-order valence-electron chi connectivity index (χ1n) is 6.32. The lowest BCUT2D eigenvalue weighted by atomic mass is 9.86. The minimum atomic E-state index is -3.69. The van der Waals surface area contributed by atoms with E-state index in [9.17, 15) is 13.2 Å². The number of halogens is 1. The Labute approximate surface area is 122 Å². The Morgan fingerprint density at radius 1 is 1.35 bits per heavy atom. The van der Waals surface area contributed by atoms with Crippen molar-refractivity contribution >= 4 is 27.5 Å². The summed E-state index contributed by atoms with van der Waals surface area (Å²) in [5, 5.41) is -0.0502. The molecular formula is C12H16ClN3O3S. The van der Waals surface area contributed by atoms with Crippen molar-refractivity contribution in [3.63, 3.8) is 0 Å². The average molecular weight is 318 g/mol. The predicted octanol–water partition coefficient (Wildman–Crippen LogP) is 1.06. The molecule has 20 heavy (non-hydrogen) atoms. The molecule has 8 heteroatoms. The lowest BCUT2D eigenvalue weighted by molar-refractivity contribution is -0.122. The first-order chi connectivity index (χ1) is 9.40. The first kappa shape index (κ1) is 15.2. The number of hydrogen-bond donors (Lipinski definition) is 2. The van der Waals surface area contributed by atoms with Crippen molar-refractivity contribution in [2.45, 2.75) is 36.6 Å². The molecule has 1 amide bonds. The van der Waals surface area contributed by atoms with E-state index in [0.717, 1.165) is 0 Å². The lowest BCUT2D eigenvalue weighted by Crippen LogP contribution is -2.39. The van der Waals surface area contributed by atoms with Crippen molar-refractivity contribution in [3.8, 4) is 0 Å². The number of hydrogen-bond acceptors (Lipinski definition) is 4. The van der Waals surface area contributed by atoms with E-state index < -0.39 is 10.0 Å². The van der Waals surface area contributed by atoms with Crippen LogP contribution in [0.4, 0.5) is 0 Å². The Morgan fingerprint density at radius 2 is 2.00 bits per heavy atom. The highest BCUT2D eigenvalue weighted by molar-refractivity contribution is 7.89. The van der Waals surface area contributed by atoms with Crippen LogP contribution in [0.3, 0.4) is 0 Å². The monoisotopic (exact) mass is 317 g/mol. The largest absolute Gasteiger partial charge is 0.369 e. The molecule has 3 N–H and O–H groups in total. The summed E-state index contributed by atoms with van der Waals surface area (Å²) in [6, 6.07) is 2.73. The van der Waals surface area contributed by atoms with Crippen molar-refractivity contribution in [3.05, 3.63) is 23.5 Å². The summed E-state index contributed by atoms with van der Waals surface area (Å²) in [6.07, 6.45) is 3.81. The third-order valence-corrected chi connectivity index (χ3v) is 5.43. The quantitative estimate of drug-likeness (QED) is 0.810. The van der Waals surface area contributed by atoms with Gasteiger partial charge in [0.25, 0.3) is 0 Å². The van der Waals surface area contributed by atoms with Crippen molar-refractivity contribution in [2.75, 3.05) is 0 Å². The van der Waals surface area contributed by atoms with Crippen molar-refractivity contribution in [1.82, 2.24) is 9.71 Å². The number of nitrogens with one attached hydrogen (secondary N) is 1. The van der Waals surface area contributed by atoms with Gasteiger partial charge in [0, 0.05) is 18.2 Å². The van der Waals surface area contributed by atoms with Crippen molar-refractivity contribution in [2.24, 2.45) is 11.7 Å². The van der Waals surface area contributed by atoms with Crippen LogP contribution < -0.4 is 10.5 Å². The predicted molar refractivity (Wildman–Crippen MR) is 74.5 cm³/mol. The molecule has 0 aliphatic heterocycles. The van der Waals surface area contributed by atoms with Crippen LogP contribution in [0.1, 0.15) is 25.7 Å². The van der Waals surface area contributed by atoms with Gasteiger partial charge in [-0.1, -0.05) is 11.6 Å². The SMILES string of the molecule is NC(=O)C1CCC(NS(=O)(=O)c2cccnc2Cl)CC1. The second-order valence-electron chi connectivity index (χ2n) is 4.86. The molecule has 0 bridgehead atoms. The van der Waals surface area contributed by atoms with Gasteiger partial charge in [-0.3, -0.25) is 4.79 Å². The van der Waals surface area contributed by atoms with Crippen LogP contribution in [0, 0.1) is 5.92 Å². The number of carbonyl (C=O) groups is 1. The van der Waals surface area contributed by atoms with E-state index in [-0.39, 0.29) is 27.9 Å². The summed E-state index contributed by atoms with van der Waals surface area (Å²) in [5.41, 5.74) is 5.25. The fourth-order valence-corrected chi connectivity index (χ4v) is 4.11. The zero-order valence-corrected chi connectivity index (χ0v) is 12.3. The number of pyridine rings is 1. The van der Waals surface area contributed by atoms with Crippen LogP contribution in [-0.4, -0.2) is 25.4 Å². The average Bonchev–Trinajstić information content (AvgIpc) is 2.39. The highest BCUT2D eigenvalue weighted by Gasteiger charge is 2.28. The number of carbonyl (C=O) groups excluding carboxylic acids is 1. The standard InChI is InChI=1S/C12H16ClN3O3S/c13-11-10(2-1-7-15-11)20(18,19)16-9-5-3-8(4-6-9)12(14)17/h1-2,7-9,16H,3-6H2,(H2,14,17). The Balaban J connectivity index is 2.04. The van der Waals surface area contributed by atoms with Gasteiger partial charge in [0.2, 0.25) is 15.9 Å². The second-order valence-corrected chi connectivity index (χ2v) is 6.90. The molecule has 1 fully saturated rings. The van der Waals surface area contributed by atoms with Gasteiger partial charge in [0.1, 0.15) is 10.0 Å². The third kappa shape index (κ3) is 3.47. The summed E-state index contributed by atoms with van der Waals surface area (Å²) < 4.78 is 27.0. The Bertz CT molecular complexity index is 598. The van der Waals surface area contributed by atoms with Crippen molar-refractivity contribution < 1.29 is 13.2 Å². The molecule has 0 saturated heterocycles. The van der Waals surface area contributed by atoms with E-state index in [1.807, 2.05) is 0 Å². The number of primary amides is 1. The fraction of sp³-hybridized carbons (Fsp3) is 0.500. The van der Waals surface area contributed by atoms with E-state index in [1.165, 1.54) is 18.3 Å². The van der Waals surface area contributed by atoms with Gasteiger partial charge in [-0.2, -0.15) is 0 Å². The van der Waals surface area contributed by atoms with E-state index in [2.05, 4.69) is 9.71 Å². The minimum absolute atomic E-state index is 0.0290. The van der Waals surface area contributed by atoms with Gasteiger partial charge in [0.05, 0.1) is 0 Å². The number of aromatic nitrogens is 1. The third-order valence-electron chi connectivity index (χ3n) is 3.47. The molecule has 0 unspecified atom stereocenters. The molecule has 1 aliphatic carbocycles. The fourth-order valence-electron chi connectivity index (χ4n) is 2.35. The van der Waals surface area contributed by atoms with E-state index in [1.54, 1.807) is 0 Å². The van der Waals surface area contributed by atoms with E-state index in [4.69, 9.17) is 17.3 Å². The van der Waals surface area contributed by atoms with Crippen LogP contribution in [0.15, 0.2) is 23.2 Å². The summed E-state index contributed by atoms with van der Waals surface area (Å²) in [4.78, 5) is 14.8. The molecule has 2 rings (SSSR count). The molecule has 1 saturated carbocycles. The Morgan fingerprint density at radius 3 is 2.55 bits per heavy atom. The van der Waals surface area contributed by atoms with E-state index in [0.29, 0.717) is 25.7 Å². The van der Waals surface area contributed by atoms with Gasteiger partial charge in [0.15, 0.2) is 0 Å². The zero-order valence-electron chi connectivity index (χ0n) is 10.8. The van der Waals surface area contributed by atoms with Crippen LogP contribution in [0.25, 0.3) is 0 Å². The smallest absolute Gasteiger partial charge is 0.243 e. The summed E-state index contributed by atoms with van der Waals surface area (Å²) in [5.74, 6) is -0.473. The Kier molecular flexibility index (Phi) is 4.62. The molecule has 0 radical (unpaired) electrons. The molecule has 0 spiro atoms. The maximum absolute atomic E-state index is 12.2. The molecule has 1 aliphatic rings. The highest BCUT2D eigenvalue weighted by atomic mass is 35.5.